The molecule has 0 aliphatic rings. The molecule has 0 bridgehead atoms. The van der Waals surface area contributed by atoms with Crippen molar-refractivity contribution in [2.75, 3.05) is 0 Å². The molecule has 0 aliphatic heterocycles. The van der Waals surface area contributed by atoms with Gasteiger partial charge in [-0.25, -0.2) is 4.98 Å². The smallest absolute Gasteiger partial charge is 0.139 e. The summed E-state index contributed by atoms with van der Waals surface area (Å²) in [4.78, 5) is 4.38. The molecule has 2 aromatic rings. The summed E-state index contributed by atoms with van der Waals surface area (Å²) in [6.45, 7) is 6.67. The molecule has 2 nitrogen and oxygen atoms in total. The molecule has 2 heteroatoms. The summed E-state index contributed by atoms with van der Waals surface area (Å²) in [6, 6.07) is 6.31. The van der Waals surface area contributed by atoms with Gasteiger partial charge in [-0.2, -0.15) is 0 Å². The van der Waals surface area contributed by atoms with Gasteiger partial charge in [-0.3, -0.25) is 0 Å². The fourth-order valence-corrected chi connectivity index (χ4v) is 1.88. The van der Waals surface area contributed by atoms with Crippen molar-refractivity contribution in [3.05, 3.63) is 30.1 Å². The SMILES string of the molecule is Cn1c(C(C)(C)C)cc2cccnc21. The molecule has 0 saturated heterocycles. The van der Waals surface area contributed by atoms with Gasteiger partial charge < -0.3 is 4.57 Å². The molecule has 0 aliphatic carbocycles. The molecule has 0 saturated carbocycles. The van der Waals surface area contributed by atoms with Crippen molar-refractivity contribution in [1.82, 2.24) is 9.55 Å². The van der Waals surface area contributed by atoms with Crippen LogP contribution in [0.3, 0.4) is 0 Å². The van der Waals surface area contributed by atoms with Gasteiger partial charge in [0.15, 0.2) is 0 Å². The minimum absolute atomic E-state index is 0.176. The lowest BCUT2D eigenvalue weighted by Crippen LogP contribution is -2.15. The molecule has 2 heterocycles. The summed E-state index contributed by atoms with van der Waals surface area (Å²) in [7, 11) is 2.08. The van der Waals surface area contributed by atoms with Crippen LogP contribution < -0.4 is 0 Å². The lowest BCUT2D eigenvalue weighted by atomic mass is 9.92. The highest BCUT2D eigenvalue weighted by Crippen LogP contribution is 2.27. The van der Waals surface area contributed by atoms with Crippen molar-refractivity contribution in [2.24, 2.45) is 7.05 Å². The van der Waals surface area contributed by atoms with Crippen molar-refractivity contribution in [1.29, 1.82) is 0 Å². The van der Waals surface area contributed by atoms with Gasteiger partial charge in [0.2, 0.25) is 0 Å². The molecule has 0 spiro atoms. The Kier molecular flexibility index (Phi) is 1.88. The maximum absolute atomic E-state index is 4.38. The maximum atomic E-state index is 4.38. The highest BCUT2D eigenvalue weighted by molar-refractivity contribution is 5.77. The predicted molar refractivity (Wildman–Crippen MR) is 59.4 cm³/mol. The largest absolute Gasteiger partial charge is 0.332 e. The van der Waals surface area contributed by atoms with E-state index in [1.165, 1.54) is 11.1 Å². The van der Waals surface area contributed by atoms with Crippen LogP contribution in [0, 0.1) is 0 Å². The third kappa shape index (κ3) is 1.31. The fraction of sp³-hybridized carbons (Fsp3) is 0.417. The lowest BCUT2D eigenvalue weighted by molar-refractivity contribution is 0.546. The van der Waals surface area contributed by atoms with Gasteiger partial charge in [-0.1, -0.05) is 20.8 Å². The van der Waals surface area contributed by atoms with Crippen LogP contribution in [0.4, 0.5) is 0 Å². The number of rotatable bonds is 0. The fourth-order valence-electron chi connectivity index (χ4n) is 1.88. The molecule has 0 atom stereocenters. The first-order valence-electron chi connectivity index (χ1n) is 4.91. The second-order valence-corrected chi connectivity index (χ2v) is 4.75. The van der Waals surface area contributed by atoms with Gasteiger partial charge in [0.1, 0.15) is 5.65 Å². The van der Waals surface area contributed by atoms with Gasteiger partial charge in [0.05, 0.1) is 0 Å². The maximum Gasteiger partial charge on any atom is 0.139 e. The summed E-state index contributed by atoms with van der Waals surface area (Å²) in [5.41, 5.74) is 2.57. The van der Waals surface area contributed by atoms with Crippen LogP contribution in [-0.4, -0.2) is 9.55 Å². The average Bonchev–Trinajstić information content (AvgIpc) is 2.44. The Balaban J connectivity index is 2.75. The van der Waals surface area contributed by atoms with Crippen molar-refractivity contribution < 1.29 is 0 Å². The molecule has 2 aromatic heterocycles. The number of nitrogens with zero attached hydrogens (tertiary/aromatic N) is 2. The number of aromatic nitrogens is 2. The van der Waals surface area contributed by atoms with E-state index >= 15 is 0 Å². The Morgan fingerprint density at radius 2 is 2.00 bits per heavy atom. The minimum Gasteiger partial charge on any atom is -0.332 e. The molecule has 74 valence electrons. The van der Waals surface area contributed by atoms with Crippen LogP contribution in [0.5, 0.6) is 0 Å². The van der Waals surface area contributed by atoms with E-state index in [1.807, 2.05) is 12.3 Å². The molecule has 0 amide bonds. The van der Waals surface area contributed by atoms with Crippen LogP contribution in [0.2, 0.25) is 0 Å². The van der Waals surface area contributed by atoms with E-state index in [2.05, 4.69) is 49.5 Å². The highest BCUT2D eigenvalue weighted by Gasteiger charge is 2.19. The molecule has 0 unspecified atom stereocenters. The van der Waals surface area contributed by atoms with E-state index in [-0.39, 0.29) is 5.41 Å². The van der Waals surface area contributed by atoms with Gasteiger partial charge in [-0.15, -0.1) is 0 Å². The summed E-state index contributed by atoms with van der Waals surface area (Å²) >= 11 is 0. The van der Waals surface area contributed by atoms with Crippen LogP contribution in [0.25, 0.3) is 11.0 Å². The first-order chi connectivity index (χ1) is 6.50. The summed E-state index contributed by atoms with van der Waals surface area (Å²) in [5.74, 6) is 0. The minimum atomic E-state index is 0.176. The number of aryl methyl sites for hydroxylation is 1. The van der Waals surface area contributed by atoms with Crippen LogP contribution in [-0.2, 0) is 12.5 Å². The molecule has 14 heavy (non-hydrogen) atoms. The molecule has 0 fully saturated rings. The van der Waals surface area contributed by atoms with E-state index in [1.54, 1.807) is 0 Å². The zero-order valence-electron chi connectivity index (χ0n) is 9.20. The number of fused-ring (bicyclic) bond motifs is 1. The van der Waals surface area contributed by atoms with Gasteiger partial charge >= 0.3 is 0 Å². The van der Waals surface area contributed by atoms with Gasteiger partial charge in [0, 0.05) is 29.7 Å². The van der Waals surface area contributed by atoms with Crippen LogP contribution in [0.1, 0.15) is 26.5 Å². The topological polar surface area (TPSA) is 17.8 Å². The second kappa shape index (κ2) is 2.84. The van der Waals surface area contributed by atoms with Crippen molar-refractivity contribution >= 4 is 11.0 Å². The molecular formula is C12H16N2. The van der Waals surface area contributed by atoms with Gasteiger partial charge in [-0.05, 0) is 18.2 Å². The lowest BCUT2D eigenvalue weighted by Gasteiger charge is -2.19. The average molecular weight is 188 g/mol. The zero-order chi connectivity index (χ0) is 10.3. The quantitative estimate of drug-likeness (QED) is 0.621. The standard InChI is InChI=1S/C12H16N2/c1-12(2,3)10-8-9-6-5-7-13-11(9)14(10)4/h5-8H,1-4H3. The van der Waals surface area contributed by atoms with E-state index in [0.717, 1.165) is 5.65 Å². The monoisotopic (exact) mass is 188 g/mol. The van der Waals surface area contributed by atoms with E-state index in [4.69, 9.17) is 0 Å². The Morgan fingerprint density at radius 3 is 2.57 bits per heavy atom. The summed E-state index contributed by atoms with van der Waals surface area (Å²) in [5, 5.41) is 1.22. The van der Waals surface area contributed by atoms with Crippen LogP contribution in [0.15, 0.2) is 24.4 Å². The normalized spacial score (nSPS) is 12.3. The second-order valence-electron chi connectivity index (χ2n) is 4.75. The third-order valence-corrected chi connectivity index (χ3v) is 2.56. The van der Waals surface area contributed by atoms with Crippen molar-refractivity contribution in [2.45, 2.75) is 26.2 Å². The molecule has 0 aromatic carbocycles. The van der Waals surface area contributed by atoms with E-state index in [9.17, 15) is 0 Å². The van der Waals surface area contributed by atoms with Gasteiger partial charge in [0.25, 0.3) is 0 Å². The summed E-state index contributed by atoms with van der Waals surface area (Å²) < 4.78 is 2.18. The highest BCUT2D eigenvalue weighted by atomic mass is 15.0. The Bertz CT molecular complexity index is 461. The third-order valence-electron chi connectivity index (χ3n) is 2.56. The van der Waals surface area contributed by atoms with E-state index < -0.39 is 0 Å². The molecule has 0 radical (unpaired) electrons. The first kappa shape index (κ1) is 9.25. The Hall–Kier alpha value is -1.31. The zero-order valence-corrected chi connectivity index (χ0v) is 9.20. The van der Waals surface area contributed by atoms with E-state index in [0.29, 0.717) is 0 Å². The number of hydrogen-bond donors (Lipinski definition) is 0. The molecule has 2 rings (SSSR count). The Labute approximate surface area is 84.6 Å². The van der Waals surface area contributed by atoms with Crippen LogP contribution >= 0.6 is 0 Å². The number of pyridine rings is 1. The van der Waals surface area contributed by atoms with Crippen molar-refractivity contribution in [3.8, 4) is 0 Å². The molecular weight excluding hydrogens is 172 g/mol. The Morgan fingerprint density at radius 1 is 1.29 bits per heavy atom. The summed E-state index contributed by atoms with van der Waals surface area (Å²) in [6.07, 6.45) is 1.84. The predicted octanol–water partition coefficient (Wildman–Crippen LogP) is 2.87. The number of hydrogen-bond acceptors (Lipinski definition) is 1. The molecule has 0 N–H and O–H groups in total. The first-order valence-corrected chi connectivity index (χ1v) is 4.91. The van der Waals surface area contributed by atoms with Crippen molar-refractivity contribution in [3.63, 3.8) is 0 Å².